The molecule has 0 amide bonds. The summed E-state index contributed by atoms with van der Waals surface area (Å²) in [5, 5.41) is 8.68. The second-order valence-corrected chi connectivity index (χ2v) is 6.75. The first-order valence-electron chi connectivity index (χ1n) is 5.68. The van der Waals surface area contributed by atoms with Crippen molar-refractivity contribution in [3.63, 3.8) is 0 Å². The zero-order valence-corrected chi connectivity index (χ0v) is 13.2. The van der Waals surface area contributed by atoms with Crippen LogP contribution in [0, 0.1) is 20.8 Å². The molecule has 0 aromatic heterocycles. The smallest absolute Gasteiger partial charge is 0.241 e. The van der Waals surface area contributed by atoms with Gasteiger partial charge < -0.3 is 5.11 Å². The largest absolute Gasteiger partial charge is 0.396 e. The maximum atomic E-state index is 12.2. The summed E-state index contributed by atoms with van der Waals surface area (Å²) in [6.07, 6.45) is 0.407. The van der Waals surface area contributed by atoms with Crippen molar-refractivity contribution in [2.75, 3.05) is 13.2 Å². The molecule has 0 fully saturated rings. The first-order chi connectivity index (χ1) is 8.31. The van der Waals surface area contributed by atoms with Crippen molar-refractivity contribution < 1.29 is 13.5 Å². The third kappa shape index (κ3) is 3.32. The van der Waals surface area contributed by atoms with Gasteiger partial charge in [0.05, 0.1) is 4.90 Å². The second-order valence-electron chi connectivity index (χ2n) is 4.25. The molecule has 2 N–H and O–H groups in total. The molecular formula is C12H18BrNO3S. The van der Waals surface area contributed by atoms with E-state index in [0.717, 1.165) is 15.6 Å². The quantitative estimate of drug-likeness (QED) is 0.809. The highest BCUT2D eigenvalue weighted by Gasteiger charge is 2.21. The fraction of sp³-hybridized carbons (Fsp3) is 0.500. The van der Waals surface area contributed by atoms with Crippen molar-refractivity contribution in [1.29, 1.82) is 0 Å². The van der Waals surface area contributed by atoms with Crippen LogP contribution in [-0.2, 0) is 10.0 Å². The molecule has 0 unspecified atom stereocenters. The minimum absolute atomic E-state index is 0.0297. The lowest BCUT2D eigenvalue weighted by molar-refractivity contribution is 0.289. The summed E-state index contributed by atoms with van der Waals surface area (Å²) in [6, 6.07) is 1.84. The number of aliphatic hydroxyl groups is 1. The van der Waals surface area contributed by atoms with Crippen molar-refractivity contribution in [1.82, 2.24) is 4.72 Å². The van der Waals surface area contributed by atoms with E-state index in [9.17, 15) is 8.42 Å². The summed E-state index contributed by atoms with van der Waals surface area (Å²) >= 11 is 3.41. The molecule has 6 heteroatoms. The molecule has 0 aliphatic carbocycles. The minimum Gasteiger partial charge on any atom is -0.396 e. The molecule has 0 heterocycles. The van der Waals surface area contributed by atoms with Gasteiger partial charge in [0.15, 0.2) is 0 Å². The number of halogens is 1. The van der Waals surface area contributed by atoms with Crippen LogP contribution in [-0.4, -0.2) is 26.7 Å². The van der Waals surface area contributed by atoms with Gasteiger partial charge in [-0.3, -0.25) is 0 Å². The lowest BCUT2D eigenvalue weighted by atomic mass is 10.1. The lowest BCUT2D eigenvalue weighted by Gasteiger charge is -2.15. The highest BCUT2D eigenvalue weighted by Crippen LogP contribution is 2.29. The number of sulfonamides is 1. The summed E-state index contributed by atoms with van der Waals surface area (Å²) < 4.78 is 27.7. The van der Waals surface area contributed by atoms with E-state index in [-0.39, 0.29) is 13.2 Å². The topological polar surface area (TPSA) is 66.4 Å². The average Bonchev–Trinajstić information content (AvgIpc) is 2.25. The molecule has 1 aromatic rings. The zero-order chi connectivity index (χ0) is 13.9. The van der Waals surface area contributed by atoms with Gasteiger partial charge in [0.25, 0.3) is 0 Å². The highest BCUT2D eigenvalue weighted by molar-refractivity contribution is 9.10. The van der Waals surface area contributed by atoms with E-state index in [1.165, 1.54) is 0 Å². The Morgan fingerprint density at radius 3 is 2.44 bits per heavy atom. The van der Waals surface area contributed by atoms with Crippen LogP contribution < -0.4 is 4.72 Å². The minimum atomic E-state index is -3.52. The molecule has 1 aromatic carbocycles. The van der Waals surface area contributed by atoms with Gasteiger partial charge in [-0.2, -0.15) is 0 Å². The molecule has 0 aliphatic heterocycles. The van der Waals surface area contributed by atoms with E-state index < -0.39 is 10.0 Å². The van der Waals surface area contributed by atoms with Gasteiger partial charge >= 0.3 is 0 Å². The third-order valence-corrected chi connectivity index (χ3v) is 5.67. The van der Waals surface area contributed by atoms with Crippen molar-refractivity contribution in [3.8, 4) is 0 Å². The van der Waals surface area contributed by atoms with E-state index in [0.29, 0.717) is 16.9 Å². The van der Waals surface area contributed by atoms with Crippen molar-refractivity contribution in [2.24, 2.45) is 0 Å². The number of rotatable bonds is 5. The Balaban J connectivity index is 3.21. The van der Waals surface area contributed by atoms with Crippen molar-refractivity contribution in [2.45, 2.75) is 32.1 Å². The third-order valence-electron chi connectivity index (χ3n) is 2.70. The number of benzene rings is 1. The molecule has 0 aliphatic rings. The molecule has 0 saturated carbocycles. The summed E-state index contributed by atoms with van der Waals surface area (Å²) in [6.45, 7) is 5.71. The van der Waals surface area contributed by atoms with Crippen LogP contribution in [0.25, 0.3) is 0 Å². The van der Waals surface area contributed by atoms with E-state index in [4.69, 9.17) is 5.11 Å². The van der Waals surface area contributed by atoms with Crippen LogP contribution in [0.5, 0.6) is 0 Å². The SMILES string of the molecule is Cc1cc(C)c(S(=O)(=O)NCCCO)c(C)c1Br. The molecular weight excluding hydrogens is 318 g/mol. The molecule has 0 spiro atoms. The van der Waals surface area contributed by atoms with Crippen molar-refractivity contribution in [3.05, 3.63) is 27.2 Å². The van der Waals surface area contributed by atoms with Gasteiger partial charge in [0.2, 0.25) is 10.0 Å². The summed E-state index contributed by atoms with van der Waals surface area (Å²) in [5.74, 6) is 0. The van der Waals surface area contributed by atoms with Gasteiger partial charge in [-0.1, -0.05) is 22.0 Å². The normalized spacial score (nSPS) is 11.8. The van der Waals surface area contributed by atoms with Gasteiger partial charge in [-0.25, -0.2) is 13.1 Å². The number of aryl methyl sites for hydroxylation is 2. The Labute approximate surface area is 117 Å². The van der Waals surface area contributed by atoms with Crippen LogP contribution in [0.2, 0.25) is 0 Å². The van der Waals surface area contributed by atoms with Crippen molar-refractivity contribution >= 4 is 26.0 Å². The predicted molar refractivity (Wildman–Crippen MR) is 75.2 cm³/mol. The average molecular weight is 336 g/mol. The fourth-order valence-electron chi connectivity index (χ4n) is 1.92. The van der Waals surface area contributed by atoms with E-state index >= 15 is 0 Å². The Bertz CT molecular complexity index is 541. The molecule has 4 nitrogen and oxygen atoms in total. The number of hydrogen-bond donors (Lipinski definition) is 2. The highest BCUT2D eigenvalue weighted by atomic mass is 79.9. The summed E-state index contributed by atoms with van der Waals surface area (Å²) in [7, 11) is -3.52. The van der Waals surface area contributed by atoms with E-state index in [1.807, 2.05) is 13.0 Å². The Hall–Kier alpha value is -0.430. The number of nitrogens with one attached hydrogen (secondary N) is 1. The van der Waals surface area contributed by atoms with Crippen LogP contribution in [0.4, 0.5) is 0 Å². The lowest BCUT2D eigenvalue weighted by Crippen LogP contribution is -2.27. The molecule has 102 valence electrons. The Kier molecular flexibility index (Phi) is 5.33. The summed E-state index contributed by atoms with van der Waals surface area (Å²) in [4.78, 5) is 0.318. The van der Waals surface area contributed by atoms with Crippen LogP contribution in [0.1, 0.15) is 23.1 Å². The van der Waals surface area contributed by atoms with E-state index in [1.54, 1.807) is 13.8 Å². The Morgan fingerprint density at radius 1 is 1.28 bits per heavy atom. The standard InChI is InChI=1S/C12H18BrNO3S/c1-8-7-9(2)12(10(3)11(8)13)18(16,17)14-5-4-6-15/h7,14-15H,4-6H2,1-3H3. The van der Waals surface area contributed by atoms with Gasteiger partial charge in [-0.15, -0.1) is 0 Å². The first-order valence-corrected chi connectivity index (χ1v) is 7.95. The number of aliphatic hydroxyl groups excluding tert-OH is 1. The van der Waals surface area contributed by atoms with Crippen LogP contribution in [0.15, 0.2) is 15.4 Å². The molecule has 0 bridgehead atoms. The van der Waals surface area contributed by atoms with Crippen LogP contribution in [0.3, 0.4) is 0 Å². The second kappa shape index (κ2) is 6.14. The molecule has 1 rings (SSSR count). The number of hydrogen-bond acceptors (Lipinski definition) is 3. The van der Waals surface area contributed by atoms with E-state index in [2.05, 4.69) is 20.7 Å². The fourth-order valence-corrected chi connectivity index (χ4v) is 3.91. The molecule has 0 radical (unpaired) electrons. The monoisotopic (exact) mass is 335 g/mol. The first kappa shape index (κ1) is 15.6. The Morgan fingerprint density at radius 2 is 1.89 bits per heavy atom. The van der Waals surface area contributed by atoms with Gasteiger partial charge in [0.1, 0.15) is 0 Å². The van der Waals surface area contributed by atoms with Gasteiger partial charge in [0, 0.05) is 17.6 Å². The van der Waals surface area contributed by atoms with Gasteiger partial charge in [-0.05, 0) is 43.9 Å². The molecule has 0 atom stereocenters. The molecule has 18 heavy (non-hydrogen) atoms. The van der Waals surface area contributed by atoms with Crippen LogP contribution >= 0.6 is 15.9 Å². The molecule has 0 saturated heterocycles. The maximum absolute atomic E-state index is 12.2. The predicted octanol–water partition coefficient (Wildman–Crippen LogP) is 2.04. The zero-order valence-electron chi connectivity index (χ0n) is 10.7. The maximum Gasteiger partial charge on any atom is 0.241 e. The summed E-state index contributed by atoms with van der Waals surface area (Å²) in [5.41, 5.74) is 2.45.